The third-order valence-corrected chi connectivity index (χ3v) is 1.28. The van der Waals surface area contributed by atoms with E-state index in [-0.39, 0.29) is 5.82 Å². The highest BCUT2D eigenvalue weighted by atomic mass is 19.1. The van der Waals surface area contributed by atoms with Crippen LogP contribution in [0.1, 0.15) is 6.92 Å². The van der Waals surface area contributed by atoms with Crippen molar-refractivity contribution in [2.45, 2.75) is 6.92 Å². The number of fused-ring (bicyclic) bond motifs is 1. The Hall–Kier alpha value is -1.38. The Labute approximate surface area is 63.3 Å². The Bertz CT molecular complexity index is 290. The third kappa shape index (κ3) is 1.55. The van der Waals surface area contributed by atoms with Crippen LogP contribution in [0.2, 0.25) is 0 Å². The number of benzene rings is 1. The predicted molar refractivity (Wildman–Crippen MR) is 38.7 cm³/mol. The van der Waals surface area contributed by atoms with Gasteiger partial charge in [0.25, 0.3) is 5.97 Å². The van der Waals surface area contributed by atoms with Gasteiger partial charge in [-0.3, -0.25) is 4.79 Å². The molecule has 0 saturated heterocycles. The number of rotatable bonds is 0. The highest BCUT2D eigenvalue weighted by molar-refractivity contribution is 5.76. The molecule has 0 aromatic carbocycles. The van der Waals surface area contributed by atoms with E-state index in [1.165, 1.54) is 6.07 Å². The van der Waals surface area contributed by atoms with Crippen molar-refractivity contribution in [1.82, 2.24) is 0 Å². The Morgan fingerprint density at radius 1 is 1.55 bits per heavy atom. The van der Waals surface area contributed by atoms with Crippen LogP contribution in [-0.4, -0.2) is 11.1 Å². The normalized spacial score (nSPS) is 9.64. The molecule has 0 radical (unpaired) electrons. The maximum Gasteiger partial charge on any atom is 0.300 e. The molecule has 0 fully saturated rings. The molecule has 0 atom stereocenters. The first-order chi connectivity index (χ1) is 5.11. The summed E-state index contributed by atoms with van der Waals surface area (Å²) < 4.78 is 12.0. The van der Waals surface area contributed by atoms with Gasteiger partial charge in [0.05, 0.1) is 0 Å². The van der Waals surface area contributed by atoms with E-state index in [0.29, 0.717) is 0 Å². The van der Waals surface area contributed by atoms with Gasteiger partial charge in [-0.2, -0.15) is 0 Å². The molecule has 0 saturated carbocycles. The van der Waals surface area contributed by atoms with Crippen LogP contribution in [0.15, 0.2) is 18.2 Å². The quantitative estimate of drug-likeness (QED) is 0.629. The van der Waals surface area contributed by atoms with Crippen molar-refractivity contribution in [1.29, 1.82) is 0 Å². The summed E-state index contributed by atoms with van der Waals surface area (Å²) in [6.45, 7) is 1.08. The molecule has 2 rings (SSSR count). The fourth-order valence-corrected chi connectivity index (χ4v) is 0.743. The SMILES string of the molecule is CC(=O)O.Fc1cc2ccc1-2. The van der Waals surface area contributed by atoms with Gasteiger partial charge in [-0.1, -0.05) is 12.1 Å². The van der Waals surface area contributed by atoms with Crippen LogP contribution in [0.5, 0.6) is 0 Å². The number of hydrogen-bond donors (Lipinski definition) is 1. The van der Waals surface area contributed by atoms with Gasteiger partial charge in [-0.15, -0.1) is 0 Å². The molecule has 3 heteroatoms. The molecular formula is C8H7FO2. The summed E-state index contributed by atoms with van der Waals surface area (Å²) >= 11 is 0. The van der Waals surface area contributed by atoms with Crippen LogP contribution in [0.4, 0.5) is 4.39 Å². The topological polar surface area (TPSA) is 37.3 Å². The molecule has 11 heavy (non-hydrogen) atoms. The molecule has 1 N–H and O–H groups in total. The standard InChI is InChI=1S/C6H3F.C2H4O2/c7-6-3-4-1-2-5(4)6;1-2(3)4/h1-3H;1H3,(H,3,4). The molecule has 0 amide bonds. The summed E-state index contributed by atoms with van der Waals surface area (Å²) in [7, 11) is 0. The van der Waals surface area contributed by atoms with Crippen molar-refractivity contribution in [3.05, 3.63) is 24.0 Å². The first-order valence-corrected chi connectivity index (χ1v) is 3.10. The molecule has 2 aliphatic carbocycles. The second kappa shape index (κ2) is 2.70. The maximum atomic E-state index is 12.0. The summed E-state index contributed by atoms with van der Waals surface area (Å²) in [5, 5.41) is 7.42. The van der Waals surface area contributed by atoms with Crippen molar-refractivity contribution < 1.29 is 14.3 Å². The molecule has 58 valence electrons. The first kappa shape index (κ1) is 7.72. The zero-order valence-corrected chi connectivity index (χ0v) is 5.97. The fourth-order valence-electron chi connectivity index (χ4n) is 0.743. The van der Waals surface area contributed by atoms with Gasteiger partial charge in [0.2, 0.25) is 0 Å². The lowest BCUT2D eigenvalue weighted by Gasteiger charge is -2.13. The number of carboxylic acid groups (broad SMARTS) is 1. The lowest BCUT2D eigenvalue weighted by molar-refractivity contribution is -0.134. The minimum Gasteiger partial charge on any atom is -0.481 e. The van der Waals surface area contributed by atoms with E-state index < -0.39 is 5.97 Å². The van der Waals surface area contributed by atoms with Crippen molar-refractivity contribution in [2.24, 2.45) is 0 Å². The molecule has 2 aliphatic rings. The molecule has 0 aliphatic heterocycles. The second-order valence-electron chi connectivity index (χ2n) is 2.21. The van der Waals surface area contributed by atoms with E-state index in [2.05, 4.69) is 0 Å². The number of carbonyl (C=O) groups is 1. The Kier molecular flexibility index (Phi) is 1.89. The van der Waals surface area contributed by atoms with E-state index in [9.17, 15) is 4.39 Å². The fraction of sp³-hybridized carbons (Fsp3) is 0.125. The lowest BCUT2D eigenvalue weighted by atomic mass is 9.93. The number of aliphatic carboxylic acids is 1. The van der Waals surface area contributed by atoms with E-state index >= 15 is 0 Å². The summed E-state index contributed by atoms with van der Waals surface area (Å²) in [6.07, 6.45) is 0. The second-order valence-corrected chi connectivity index (χ2v) is 2.21. The molecule has 0 aromatic heterocycles. The van der Waals surface area contributed by atoms with E-state index in [1.807, 2.05) is 6.07 Å². The van der Waals surface area contributed by atoms with E-state index in [0.717, 1.165) is 18.1 Å². The van der Waals surface area contributed by atoms with Gasteiger partial charge < -0.3 is 5.11 Å². The van der Waals surface area contributed by atoms with Gasteiger partial charge in [-0.05, 0) is 11.6 Å². The van der Waals surface area contributed by atoms with Gasteiger partial charge in [0.1, 0.15) is 5.82 Å². The maximum absolute atomic E-state index is 12.0. The zero-order chi connectivity index (χ0) is 8.43. The minimum absolute atomic E-state index is 0.0579. The zero-order valence-electron chi connectivity index (χ0n) is 5.97. The largest absolute Gasteiger partial charge is 0.481 e. The molecule has 0 unspecified atom stereocenters. The van der Waals surface area contributed by atoms with Gasteiger partial charge >= 0.3 is 0 Å². The van der Waals surface area contributed by atoms with Crippen molar-refractivity contribution >= 4 is 5.97 Å². The number of hydrogen-bond acceptors (Lipinski definition) is 1. The van der Waals surface area contributed by atoms with E-state index in [1.54, 1.807) is 6.07 Å². The average molecular weight is 154 g/mol. The minimum atomic E-state index is -0.833. The first-order valence-electron chi connectivity index (χ1n) is 3.10. The van der Waals surface area contributed by atoms with Crippen LogP contribution >= 0.6 is 0 Å². The number of carboxylic acids is 1. The van der Waals surface area contributed by atoms with Crippen molar-refractivity contribution in [3.8, 4) is 11.1 Å². The van der Waals surface area contributed by atoms with Crippen LogP contribution in [0, 0.1) is 5.82 Å². The monoisotopic (exact) mass is 154 g/mol. The van der Waals surface area contributed by atoms with Gasteiger partial charge in [-0.25, -0.2) is 4.39 Å². The highest BCUT2D eigenvalue weighted by Crippen LogP contribution is 2.34. The summed E-state index contributed by atoms with van der Waals surface area (Å²) in [5.74, 6) is -0.891. The Morgan fingerprint density at radius 3 is 2.09 bits per heavy atom. The molecule has 0 heterocycles. The Balaban J connectivity index is 0.000000134. The van der Waals surface area contributed by atoms with Crippen LogP contribution in [0.25, 0.3) is 11.1 Å². The average Bonchev–Trinajstić information content (AvgIpc) is 1.81. The molecule has 0 aromatic rings. The van der Waals surface area contributed by atoms with Crippen LogP contribution in [0.3, 0.4) is 0 Å². The van der Waals surface area contributed by atoms with Crippen LogP contribution in [-0.2, 0) is 4.79 Å². The van der Waals surface area contributed by atoms with Gasteiger partial charge in [0.15, 0.2) is 0 Å². The van der Waals surface area contributed by atoms with Crippen molar-refractivity contribution in [2.75, 3.05) is 0 Å². The number of halogens is 1. The van der Waals surface area contributed by atoms with E-state index in [4.69, 9.17) is 9.90 Å². The molecule has 2 nitrogen and oxygen atoms in total. The van der Waals surface area contributed by atoms with Crippen molar-refractivity contribution in [3.63, 3.8) is 0 Å². The summed E-state index contributed by atoms with van der Waals surface area (Å²) in [4.78, 5) is 9.00. The highest BCUT2D eigenvalue weighted by Gasteiger charge is 2.14. The Morgan fingerprint density at radius 2 is 2.09 bits per heavy atom. The molecular weight excluding hydrogens is 147 g/mol. The molecule has 0 bridgehead atoms. The van der Waals surface area contributed by atoms with Gasteiger partial charge in [0, 0.05) is 12.5 Å². The smallest absolute Gasteiger partial charge is 0.300 e. The third-order valence-electron chi connectivity index (χ3n) is 1.28. The summed E-state index contributed by atoms with van der Waals surface area (Å²) in [6, 6.07) is 5.22. The predicted octanol–water partition coefficient (Wildman–Crippen LogP) is 1.90. The lowest BCUT2D eigenvalue weighted by Crippen LogP contribution is -1.94. The molecule has 0 spiro atoms. The van der Waals surface area contributed by atoms with Crippen LogP contribution < -0.4 is 0 Å². The summed E-state index contributed by atoms with van der Waals surface area (Å²) in [5.41, 5.74) is 1.87.